The molecule has 2 atom stereocenters. The van der Waals surface area contributed by atoms with Gasteiger partial charge in [-0.3, -0.25) is 0 Å². The number of sulfonamides is 1. The summed E-state index contributed by atoms with van der Waals surface area (Å²) in [4.78, 5) is 0.303. The van der Waals surface area contributed by atoms with Crippen molar-refractivity contribution in [2.24, 2.45) is 5.92 Å². The molecule has 5 heteroatoms. The summed E-state index contributed by atoms with van der Waals surface area (Å²) in [5.41, 5.74) is 3.45. The number of rotatable bonds is 3. The third-order valence-electron chi connectivity index (χ3n) is 5.21. The summed E-state index contributed by atoms with van der Waals surface area (Å²) in [6.07, 6.45) is 6.99. The molecule has 0 spiro atoms. The molecule has 0 unspecified atom stereocenters. The van der Waals surface area contributed by atoms with Gasteiger partial charge in [0.1, 0.15) is 0 Å². The van der Waals surface area contributed by atoms with Crippen LogP contribution in [0.3, 0.4) is 0 Å². The number of hydrogen-bond donors (Lipinski definition) is 1. The predicted octanol–water partition coefficient (Wildman–Crippen LogP) is 3.03. The smallest absolute Gasteiger partial charge is 0.243 e. The van der Waals surface area contributed by atoms with Crippen LogP contribution >= 0.6 is 0 Å². The molecule has 1 aromatic rings. The molecule has 0 aromatic heterocycles. The molecule has 0 amide bonds. The Labute approximate surface area is 144 Å². The third-order valence-corrected chi connectivity index (χ3v) is 7.09. The molecule has 130 valence electrons. The van der Waals surface area contributed by atoms with Crippen LogP contribution in [0.25, 0.3) is 0 Å². The standard InChI is InChI=1S/C19H25NO3S/c1-14-8-10-16(11-9-14)24(22,23)20-12-18-15(2)6-4-3-5-7-17(18)19(20)13-21/h3-4,8-11,17,19,21H,5-7,12-13H2,1-2H3/b4-3-,18-15-/t17-,19+/m0/s1. The monoisotopic (exact) mass is 347 g/mol. The van der Waals surface area contributed by atoms with E-state index in [2.05, 4.69) is 19.1 Å². The summed E-state index contributed by atoms with van der Waals surface area (Å²) in [7, 11) is -3.60. The molecule has 24 heavy (non-hydrogen) atoms. The fourth-order valence-electron chi connectivity index (χ4n) is 3.77. The lowest BCUT2D eigenvalue weighted by molar-refractivity contribution is 0.185. The van der Waals surface area contributed by atoms with Crippen molar-refractivity contribution >= 4 is 10.0 Å². The Hall–Kier alpha value is -1.43. The van der Waals surface area contributed by atoms with E-state index in [1.54, 1.807) is 12.1 Å². The van der Waals surface area contributed by atoms with Gasteiger partial charge in [0.25, 0.3) is 0 Å². The first-order valence-electron chi connectivity index (χ1n) is 8.48. The summed E-state index contributed by atoms with van der Waals surface area (Å²) in [6, 6.07) is 6.57. The third kappa shape index (κ3) is 3.08. The van der Waals surface area contributed by atoms with Crippen molar-refractivity contribution < 1.29 is 13.5 Å². The van der Waals surface area contributed by atoms with E-state index >= 15 is 0 Å². The van der Waals surface area contributed by atoms with Crippen LogP contribution < -0.4 is 0 Å². The highest BCUT2D eigenvalue weighted by Crippen LogP contribution is 2.39. The van der Waals surface area contributed by atoms with Crippen molar-refractivity contribution in [1.82, 2.24) is 4.31 Å². The van der Waals surface area contributed by atoms with Gasteiger partial charge in [-0.05, 0) is 45.2 Å². The maximum Gasteiger partial charge on any atom is 0.243 e. The number of benzene rings is 1. The van der Waals surface area contributed by atoms with Gasteiger partial charge < -0.3 is 5.11 Å². The second-order valence-corrected chi connectivity index (χ2v) is 8.67. The zero-order chi connectivity index (χ0) is 17.3. The summed E-state index contributed by atoms with van der Waals surface area (Å²) >= 11 is 0. The van der Waals surface area contributed by atoms with E-state index < -0.39 is 10.0 Å². The van der Waals surface area contributed by atoms with E-state index in [-0.39, 0.29) is 18.6 Å². The molecule has 1 heterocycles. The van der Waals surface area contributed by atoms with Crippen molar-refractivity contribution in [3.05, 3.63) is 53.1 Å². The largest absolute Gasteiger partial charge is 0.395 e. The number of aliphatic hydroxyl groups excluding tert-OH is 1. The lowest BCUT2D eigenvalue weighted by Crippen LogP contribution is -2.40. The second kappa shape index (κ2) is 6.82. The molecular formula is C19H25NO3S. The van der Waals surface area contributed by atoms with Crippen molar-refractivity contribution in [2.45, 2.75) is 44.0 Å². The van der Waals surface area contributed by atoms with Crippen LogP contribution in [0.1, 0.15) is 31.7 Å². The van der Waals surface area contributed by atoms with Gasteiger partial charge in [-0.1, -0.05) is 41.0 Å². The predicted molar refractivity (Wildman–Crippen MR) is 95.1 cm³/mol. The number of aryl methyl sites for hydroxylation is 1. The van der Waals surface area contributed by atoms with E-state index in [9.17, 15) is 13.5 Å². The first-order valence-corrected chi connectivity index (χ1v) is 9.92. The van der Waals surface area contributed by atoms with E-state index in [1.807, 2.05) is 19.1 Å². The lowest BCUT2D eigenvalue weighted by atomic mass is 9.86. The molecule has 2 aliphatic rings. The highest BCUT2D eigenvalue weighted by Gasteiger charge is 2.44. The van der Waals surface area contributed by atoms with Crippen LogP contribution in [0.15, 0.2) is 52.5 Å². The van der Waals surface area contributed by atoms with Gasteiger partial charge in [-0.15, -0.1) is 0 Å². The number of aliphatic hydroxyl groups is 1. The van der Waals surface area contributed by atoms with Gasteiger partial charge >= 0.3 is 0 Å². The fourth-order valence-corrected chi connectivity index (χ4v) is 5.40. The Bertz CT molecular complexity index is 762. The van der Waals surface area contributed by atoms with Gasteiger partial charge in [-0.2, -0.15) is 4.31 Å². The molecule has 0 bridgehead atoms. The summed E-state index contributed by atoms with van der Waals surface area (Å²) in [5.74, 6) is 0.111. The molecular weight excluding hydrogens is 322 g/mol. The Balaban J connectivity index is 2.00. The summed E-state index contributed by atoms with van der Waals surface area (Å²) < 4.78 is 27.7. The molecule has 3 rings (SSSR count). The van der Waals surface area contributed by atoms with Crippen molar-refractivity contribution in [3.63, 3.8) is 0 Å². The first-order chi connectivity index (χ1) is 11.4. The maximum absolute atomic E-state index is 13.1. The number of nitrogens with zero attached hydrogens (tertiary/aromatic N) is 1. The molecule has 1 aliphatic heterocycles. The second-order valence-electron chi connectivity index (χ2n) is 6.78. The molecule has 1 fully saturated rings. The number of fused-ring (bicyclic) bond motifs is 1. The van der Waals surface area contributed by atoms with E-state index in [4.69, 9.17) is 0 Å². The van der Waals surface area contributed by atoms with Gasteiger partial charge in [0.2, 0.25) is 10.0 Å². The van der Waals surface area contributed by atoms with Crippen LogP contribution in [0.2, 0.25) is 0 Å². The van der Waals surface area contributed by atoms with Crippen LogP contribution in [0.5, 0.6) is 0 Å². The molecule has 1 N–H and O–H groups in total. The SMILES string of the molecule is C/C1=C2\CN(S(=O)(=O)c3ccc(C)cc3)[C@H](CO)[C@H]2CC/C=C\C1. The van der Waals surface area contributed by atoms with Gasteiger partial charge in [0, 0.05) is 12.5 Å². The first kappa shape index (κ1) is 17.4. The number of hydrogen-bond acceptors (Lipinski definition) is 3. The van der Waals surface area contributed by atoms with Crippen LogP contribution in [-0.2, 0) is 10.0 Å². The Morgan fingerprint density at radius 2 is 1.88 bits per heavy atom. The average molecular weight is 347 g/mol. The maximum atomic E-state index is 13.1. The topological polar surface area (TPSA) is 57.6 Å². The highest BCUT2D eigenvalue weighted by molar-refractivity contribution is 7.89. The van der Waals surface area contributed by atoms with Crippen molar-refractivity contribution in [2.75, 3.05) is 13.2 Å². The minimum atomic E-state index is -3.60. The quantitative estimate of drug-likeness (QED) is 0.855. The molecule has 1 saturated heterocycles. The molecule has 0 saturated carbocycles. The van der Waals surface area contributed by atoms with E-state index in [1.165, 1.54) is 15.5 Å². The normalized spacial score (nSPS) is 29.8. The number of allylic oxidation sites excluding steroid dienone is 3. The fraction of sp³-hybridized carbons (Fsp3) is 0.474. The highest BCUT2D eigenvalue weighted by atomic mass is 32.2. The van der Waals surface area contributed by atoms with E-state index in [0.29, 0.717) is 11.4 Å². The molecule has 1 aromatic carbocycles. The summed E-state index contributed by atoms with van der Waals surface area (Å²) in [6.45, 7) is 4.27. The molecule has 4 nitrogen and oxygen atoms in total. The van der Waals surface area contributed by atoms with Gasteiger partial charge in [-0.25, -0.2) is 8.42 Å². The van der Waals surface area contributed by atoms with Crippen LogP contribution in [-0.4, -0.2) is 37.0 Å². The average Bonchev–Trinajstić information content (AvgIpc) is 2.91. The molecule has 0 radical (unpaired) electrons. The zero-order valence-corrected chi connectivity index (χ0v) is 15.1. The minimum absolute atomic E-state index is 0.111. The Kier molecular flexibility index (Phi) is 4.95. The molecule has 1 aliphatic carbocycles. The van der Waals surface area contributed by atoms with Crippen molar-refractivity contribution in [1.29, 1.82) is 0 Å². The lowest BCUT2D eigenvalue weighted by Gasteiger charge is -2.26. The van der Waals surface area contributed by atoms with Gasteiger partial charge in [0.15, 0.2) is 0 Å². The minimum Gasteiger partial charge on any atom is -0.395 e. The van der Waals surface area contributed by atoms with Gasteiger partial charge in [0.05, 0.1) is 17.5 Å². The van der Waals surface area contributed by atoms with Crippen LogP contribution in [0, 0.1) is 12.8 Å². The zero-order valence-electron chi connectivity index (χ0n) is 14.3. The van der Waals surface area contributed by atoms with Crippen molar-refractivity contribution in [3.8, 4) is 0 Å². The Morgan fingerprint density at radius 3 is 2.54 bits per heavy atom. The summed E-state index contributed by atoms with van der Waals surface area (Å²) in [5, 5.41) is 9.93. The van der Waals surface area contributed by atoms with E-state index in [0.717, 1.165) is 24.8 Å². The Morgan fingerprint density at radius 1 is 1.17 bits per heavy atom. The van der Waals surface area contributed by atoms with Crippen LogP contribution in [0.4, 0.5) is 0 Å².